The molecule has 0 bridgehead atoms. The Morgan fingerprint density at radius 3 is 1.61 bits per heavy atom. The third kappa shape index (κ3) is 12.9. The van der Waals surface area contributed by atoms with Crippen LogP contribution in [0.3, 0.4) is 0 Å². The molecule has 0 aromatic carbocycles. The summed E-state index contributed by atoms with van der Waals surface area (Å²) in [5, 5.41) is 18.9. The number of carbonyl (C=O) groups excluding carboxylic acids is 5. The van der Waals surface area contributed by atoms with Crippen LogP contribution in [0.25, 0.3) is 0 Å². The molecule has 11 N–H and O–H groups in total. The Morgan fingerprint density at radius 1 is 0.750 bits per heavy atom. The minimum absolute atomic E-state index is 0.0645. The van der Waals surface area contributed by atoms with Crippen LogP contribution in [0.2, 0.25) is 0 Å². The smallest absolute Gasteiger partial charge is 0.326 e. The van der Waals surface area contributed by atoms with Crippen molar-refractivity contribution < 1.29 is 33.9 Å². The largest absolute Gasteiger partial charge is 0.480 e. The fraction of sp³-hybridized carbons (Fsp3) is 0.700. The number of rotatable bonds is 18. The van der Waals surface area contributed by atoms with Crippen LogP contribution in [0.15, 0.2) is 0 Å². The van der Waals surface area contributed by atoms with E-state index in [9.17, 15) is 33.9 Å². The van der Waals surface area contributed by atoms with Crippen molar-refractivity contribution >= 4 is 60.8 Å². The van der Waals surface area contributed by atoms with Gasteiger partial charge in [0.25, 0.3) is 0 Å². The average Bonchev–Trinajstić information content (AvgIpc) is 2.81. The highest BCUT2D eigenvalue weighted by Gasteiger charge is 2.30. The van der Waals surface area contributed by atoms with Gasteiger partial charge < -0.3 is 43.6 Å². The molecule has 14 nitrogen and oxygen atoms in total. The molecule has 5 unspecified atom stereocenters. The van der Waals surface area contributed by atoms with Crippen LogP contribution in [0.4, 0.5) is 0 Å². The average molecular weight is 552 g/mol. The Balaban J connectivity index is 5.42. The Bertz CT molecular complexity index is 786. The van der Waals surface area contributed by atoms with Crippen molar-refractivity contribution in [3.63, 3.8) is 0 Å². The van der Waals surface area contributed by atoms with E-state index in [4.69, 9.17) is 17.2 Å². The van der Waals surface area contributed by atoms with Crippen molar-refractivity contribution in [1.29, 1.82) is 0 Å². The Hall–Kier alpha value is -2.56. The van der Waals surface area contributed by atoms with Gasteiger partial charge in [0.15, 0.2) is 0 Å². The SMILES string of the molecule is CC(N)C(=O)NC(CS)C(=O)NC(CCCCN)C(=O)NC(CS)C(=O)NC(CCC(N)=O)C(=O)O. The molecule has 0 spiro atoms. The first-order valence-corrected chi connectivity index (χ1v) is 12.5. The summed E-state index contributed by atoms with van der Waals surface area (Å²) in [6.45, 7) is 1.80. The van der Waals surface area contributed by atoms with Crippen LogP contribution in [0, 0.1) is 0 Å². The Kier molecular flexibility index (Phi) is 16.5. The molecule has 5 atom stereocenters. The topological polar surface area (TPSA) is 249 Å². The zero-order chi connectivity index (χ0) is 27.8. The molecular formula is C20H37N7O7S2. The molecule has 0 rings (SSSR count). The highest BCUT2D eigenvalue weighted by atomic mass is 32.1. The number of hydrogen-bond acceptors (Lipinski definition) is 10. The van der Waals surface area contributed by atoms with E-state index in [1.54, 1.807) is 0 Å². The number of carboxylic acid groups (broad SMARTS) is 1. The van der Waals surface area contributed by atoms with E-state index < -0.39 is 65.7 Å². The third-order valence-electron chi connectivity index (χ3n) is 4.92. The zero-order valence-corrected chi connectivity index (χ0v) is 21.9. The van der Waals surface area contributed by atoms with E-state index in [0.29, 0.717) is 19.4 Å². The molecule has 0 saturated carbocycles. The molecule has 0 aromatic heterocycles. The van der Waals surface area contributed by atoms with Gasteiger partial charge in [-0.2, -0.15) is 25.3 Å². The zero-order valence-electron chi connectivity index (χ0n) is 20.1. The molecule has 0 saturated heterocycles. The summed E-state index contributed by atoms with van der Waals surface area (Å²) in [6, 6.07) is -5.69. The summed E-state index contributed by atoms with van der Waals surface area (Å²) < 4.78 is 0. The van der Waals surface area contributed by atoms with E-state index in [-0.39, 0.29) is 30.8 Å². The predicted octanol–water partition coefficient (Wildman–Crippen LogP) is -3.39. The van der Waals surface area contributed by atoms with Crippen molar-refractivity contribution in [2.75, 3.05) is 18.1 Å². The molecule has 0 radical (unpaired) electrons. The minimum Gasteiger partial charge on any atom is -0.480 e. The first kappa shape index (κ1) is 33.4. The molecule has 0 aliphatic heterocycles. The highest BCUT2D eigenvalue weighted by Crippen LogP contribution is 2.05. The summed E-state index contributed by atoms with van der Waals surface area (Å²) >= 11 is 8.11. The molecule has 0 aliphatic rings. The molecular weight excluding hydrogens is 514 g/mol. The van der Waals surface area contributed by atoms with Crippen LogP contribution < -0.4 is 38.5 Å². The number of unbranched alkanes of at least 4 members (excludes halogenated alkanes) is 1. The van der Waals surface area contributed by atoms with Crippen LogP contribution in [-0.2, 0) is 28.8 Å². The monoisotopic (exact) mass is 551 g/mol. The Morgan fingerprint density at radius 2 is 1.19 bits per heavy atom. The van der Waals surface area contributed by atoms with Gasteiger partial charge in [-0.25, -0.2) is 4.79 Å². The highest BCUT2D eigenvalue weighted by molar-refractivity contribution is 7.80. The second kappa shape index (κ2) is 17.8. The minimum atomic E-state index is -1.41. The van der Waals surface area contributed by atoms with Crippen molar-refractivity contribution in [2.45, 2.75) is 69.2 Å². The number of carboxylic acids is 1. The number of aliphatic carboxylic acids is 1. The third-order valence-corrected chi connectivity index (χ3v) is 5.65. The van der Waals surface area contributed by atoms with E-state index in [1.165, 1.54) is 6.92 Å². The molecule has 0 aliphatic carbocycles. The molecule has 5 amide bonds. The van der Waals surface area contributed by atoms with E-state index in [2.05, 4.69) is 46.5 Å². The summed E-state index contributed by atoms with van der Waals surface area (Å²) in [5.41, 5.74) is 16.0. The van der Waals surface area contributed by atoms with E-state index >= 15 is 0 Å². The Labute approximate surface area is 220 Å². The second-order valence-corrected chi connectivity index (χ2v) is 8.76. The van der Waals surface area contributed by atoms with Gasteiger partial charge in [-0.3, -0.25) is 24.0 Å². The van der Waals surface area contributed by atoms with Gasteiger partial charge in [0.1, 0.15) is 24.2 Å². The van der Waals surface area contributed by atoms with Gasteiger partial charge in [0.2, 0.25) is 29.5 Å². The second-order valence-electron chi connectivity index (χ2n) is 8.03. The molecule has 206 valence electrons. The van der Waals surface area contributed by atoms with Crippen molar-refractivity contribution in [3.8, 4) is 0 Å². The summed E-state index contributed by atoms with van der Waals surface area (Å²) in [4.78, 5) is 72.4. The number of thiol groups is 2. The maximum atomic E-state index is 12.9. The fourth-order valence-corrected chi connectivity index (χ4v) is 3.33. The lowest BCUT2D eigenvalue weighted by atomic mass is 10.1. The number of nitrogens with two attached hydrogens (primary N) is 3. The molecule has 36 heavy (non-hydrogen) atoms. The van der Waals surface area contributed by atoms with Crippen molar-refractivity contribution in [2.24, 2.45) is 17.2 Å². The fourth-order valence-electron chi connectivity index (χ4n) is 2.81. The first-order chi connectivity index (χ1) is 16.9. The predicted molar refractivity (Wildman–Crippen MR) is 138 cm³/mol. The summed E-state index contributed by atoms with van der Waals surface area (Å²) in [7, 11) is 0. The van der Waals surface area contributed by atoms with Crippen molar-refractivity contribution in [3.05, 3.63) is 0 Å². The van der Waals surface area contributed by atoms with Crippen LogP contribution in [0.1, 0.15) is 39.0 Å². The number of primary amides is 1. The van der Waals surface area contributed by atoms with Crippen molar-refractivity contribution in [1.82, 2.24) is 21.3 Å². The quantitative estimate of drug-likeness (QED) is 0.0601. The first-order valence-electron chi connectivity index (χ1n) is 11.3. The summed E-state index contributed by atoms with van der Waals surface area (Å²) in [5.74, 6) is -5.21. The number of nitrogens with one attached hydrogen (secondary N) is 4. The maximum absolute atomic E-state index is 12.9. The standard InChI is InChI=1S/C20H37N7O7S2/c1-10(22)16(29)26-13(8-35)18(31)24-11(4-2-3-7-21)17(30)27-14(9-36)19(32)25-12(20(33)34)5-6-15(23)28/h10-14,35-36H,2-9,21-22H2,1H3,(H2,23,28)(H,24,31)(H,25,32)(H,26,29)(H,27,30)(H,33,34). The normalized spacial score (nSPS) is 14.9. The van der Waals surface area contributed by atoms with Gasteiger partial charge in [0, 0.05) is 17.9 Å². The lowest BCUT2D eigenvalue weighted by molar-refractivity contribution is -0.142. The number of hydrogen-bond donors (Lipinski definition) is 10. The number of amides is 5. The van der Waals surface area contributed by atoms with Gasteiger partial charge >= 0.3 is 5.97 Å². The van der Waals surface area contributed by atoms with Gasteiger partial charge in [-0.05, 0) is 39.2 Å². The van der Waals surface area contributed by atoms with Crippen LogP contribution >= 0.6 is 25.3 Å². The lowest BCUT2D eigenvalue weighted by Gasteiger charge is -2.25. The van der Waals surface area contributed by atoms with Crippen LogP contribution in [-0.4, -0.2) is 88.9 Å². The van der Waals surface area contributed by atoms with Crippen LogP contribution in [0.5, 0.6) is 0 Å². The molecule has 0 fully saturated rings. The summed E-state index contributed by atoms with van der Waals surface area (Å²) in [6.07, 6.45) is 0.703. The van der Waals surface area contributed by atoms with Gasteiger partial charge in [-0.15, -0.1) is 0 Å². The van der Waals surface area contributed by atoms with Gasteiger partial charge in [-0.1, -0.05) is 0 Å². The molecule has 16 heteroatoms. The lowest BCUT2D eigenvalue weighted by Crippen LogP contribution is -2.59. The van der Waals surface area contributed by atoms with E-state index in [1.807, 2.05) is 0 Å². The van der Waals surface area contributed by atoms with Gasteiger partial charge in [0.05, 0.1) is 6.04 Å². The molecule has 0 aromatic rings. The maximum Gasteiger partial charge on any atom is 0.326 e. The molecule has 0 heterocycles. The van der Waals surface area contributed by atoms with E-state index in [0.717, 1.165) is 0 Å². The number of carbonyl (C=O) groups is 6.